The molecule has 0 bridgehead atoms. The van der Waals surface area contributed by atoms with Gasteiger partial charge in [-0.05, 0) is 35.2 Å². The van der Waals surface area contributed by atoms with Crippen molar-refractivity contribution in [2.75, 3.05) is 6.54 Å². The number of hydrogen-bond acceptors (Lipinski definition) is 4. The predicted octanol–water partition coefficient (Wildman–Crippen LogP) is 3.61. The summed E-state index contributed by atoms with van der Waals surface area (Å²) in [4.78, 5) is 23.6. The molecule has 154 valence electrons. The third-order valence-corrected chi connectivity index (χ3v) is 5.27. The Morgan fingerprint density at radius 3 is 2.18 bits per heavy atom. The largest absolute Gasteiger partial charge is 0.356 e. The zero-order valence-electron chi connectivity index (χ0n) is 17.0. The van der Waals surface area contributed by atoms with Gasteiger partial charge in [0.1, 0.15) is 0 Å². The number of hydrogen-bond donors (Lipinski definition) is 2. The number of carbonyl (C=O) groups is 2. The fourth-order valence-electron chi connectivity index (χ4n) is 2.41. The normalized spacial score (nSPS) is 10.9. The van der Waals surface area contributed by atoms with E-state index < -0.39 is 15.9 Å². The molecular formula is C21H30N2O4S. The van der Waals surface area contributed by atoms with Crippen LogP contribution in [0.15, 0.2) is 47.4 Å². The number of amides is 2. The van der Waals surface area contributed by atoms with Crippen molar-refractivity contribution in [2.45, 2.75) is 51.9 Å². The summed E-state index contributed by atoms with van der Waals surface area (Å²) < 4.78 is 26.7. The van der Waals surface area contributed by atoms with Crippen molar-refractivity contribution in [1.82, 2.24) is 10.0 Å². The van der Waals surface area contributed by atoms with E-state index in [4.69, 9.17) is 0 Å². The molecule has 0 radical (unpaired) electrons. The van der Waals surface area contributed by atoms with Crippen LogP contribution < -0.4 is 10.0 Å². The fourth-order valence-corrected chi connectivity index (χ4v) is 3.46. The number of benzene rings is 2. The molecule has 2 aromatic rings. The lowest BCUT2D eigenvalue weighted by Gasteiger charge is -2.09. The van der Waals surface area contributed by atoms with Gasteiger partial charge in [0.15, 0.2) is 0 Å². The maximum atomic E-state index is 12.3. The summed E-state index contributed by atoms with van der Waals surface area (Å²) >= 11 is 0. The average molecular weight is 407 g/mol. The summed E-state index contributed by atoms with van der Waals surface area (Å²) in [6.45, 7) is 8.65. The maximum Gasteiger partial charge on any atom is 0.264 e. The fraction of sp³-hybridized carbons (Fsp3) is 0.429. The second-order valence-corrected chi connectivity index (χ2v) is 8.25. The van der Waals surface area contributed by atoms with Crippen molar-refractivity contribution in [3.63, 3.8) is 0 Å². The minimum absolute atomic E-state index is 0.0194. The van der Waals surface area contributed by atoms with Gasteiger partial charge < -0.3 is 5.32 Å². The molecule has 28 heavy (non-hydrogen) atoms. The van der Waals surface area contributed by atoms with E-state index in [1.807, 2.05) is 36.8 Å². The molecule has 0 fully saturated rings. The van der Waals surface area contributed by atoms with Gasteiger partial charge >= 0.3 is 0 Å². The Morgan fingerprint density at radius 2 is 1.54 bits per heavy atom. The molecule has 0 aliphatic rings. The Bertz CT molecular complexity index is 892. The van der Waals surface area contributed by atoms with Crippen molar-refractivity contribution >= 4 is 32.6 Å². The molecule has 2 N–H and O–H groups in total. The molecule has 0 atom stereocenters. The van der Waals surface area contributed by atoms with Gasteiger partial charge in [0, 0.05) is 19.4 Å². The van der Waals surface area contributed by atoms with E-state index in [-0.39, 0.29) is 23.6 Å². The highest BCUT2D eigenvalue weighted by atomic mass is 32.2. The minimum atomic E-state index is -3.96. The van der Waals surface area contributed by atoms with Crippen LogP contribution >= 0.6 is 0 Å². The molecule has 7 heteroatoms. The zero-order chi connectivity index (χ0) is 21.2. The predicted molar refractivity (Wildman–Crippen MR) is 112 cm³/mol. The van der Waals surface area contributed by atoms with E-state index in [2.05, 4.69) is 19.2 Å². The van der Waals surface area contributed by atoms with Gasteiger partial charge in [0.05, 0.1) is 4.90 Å². The van der Waals surface area contributed by atoms with Crippen LogP contribution in [0, 0.1) is 5.92 Å². The highest BCUT2D eigenvalue weighted by Gasteiger charge is 2.18. The summed E-state index contributed by atoms with van der Waals surface area (Å²) in [5.41, 5.74) is 0. The lowest BCUT2D eigenvalue weighted by Crippen LogP contribution is -2.32. The SMILES string of the molecule is CC.CC(C)CCNC(=O)CCC(=O)NS(=O)(=O)c1ccc2ccccc2c1. The van der Waals surface area contributed by atoms with E-state index in [0.717, 1.165) is 17.2 Å². The van der Waals surface area contributed by atoms with Gasteiger partial charge in [0.25, 0.3) is 10.0 Å². The summed E-state index contributed by atoms with van der Waals surface area (Å²) in [5.74, 6) is -0.480. The van der Waals surface area contributed by atoms with E-state index in [0.29, 0.717) is 12.5 Å². The first kappa shape index (κ1) is 23.6. The van der Waals surface area contributed by atoms with Crippen LogP contribution in [0.4, 0.5) is 0 Å². The summed E-state index contributed by atoms with van der Waals surface area (Å²) in [6.07, 6.45) is 0.631. The third-order valence-electron chi connectivity index (χ3n) is 3.90. The second kappa shape index (κ2) is 11.4. The van der Waals surface area contributed by atoms with Crippen LogP contribution in [0.1, 0.15) is 47.0 Å². The summed E-state index contributed by atoms with van der Waals surface area (Å²) in [7, 11) is -3.96. The van der Waals surface area contributed by atoms with Gasteiger partial charge in [-0.15, -0.1) is 0 Å². The molecule has 0 aliphatic carbocycles. The standard InChI is InChI=1S/C19H24N2O4S.C2H6/c1-14(2)11-12-20-18(22)9-10-19(23)21-26(24,25)17-8-7-15-5-3-4-6-16(15)13-17;1-2/h3-8,13-14H,9-12H2,1-2H3,(H,20,22)(H,21,23);1-2H3. The maximum absolute atomic E-state index is 12.3. The molecule has 0 spiro atoms. The van der Waals surface area contributed by atoms with E-state index in [1.165, 1.54) is 12.1 Å². The Kier molecular flexibility index (Phi) is 9.65. The van der Waals surface area contributed by atoms with E-state index >= 15 is 0 Å². The van der Waals surface area contributed by atoms with Crippen molar-refractivity contribution in [1.29, 1.82) is 0 Å². The lowest BCUT2D eigenvalue weighted by molar-refractivity contribution is -0.125. The van der Waals surface area contributed by atoms with E-state index in [9.17, 15) is 18.0 Å². The monoisotopic (exact) mass is 406 g/mol. The van der Waals surface area contributed by atoms with Crippen molar-refractivity contribution in [3.8, 4) is 0 Å². The number of rotatable bonds is 8. The number of fused-ring (bicyclic) bond motifs is 1. The molecule has 2 amide bonds. The molecule has 0 aliphatic heterocycles. The Morgan fingerprint density at radius 1 is 0.929 bits per heavy atom. The van der Waals surface area contributed by atoms with Crippen molar-refractivity contribution < 1.29 is 18.0 Å². The molecule has 6 nitrogen and oxygen atoms in total. The molecule has 2 aromatic carbocycles. The smallest absolute Gasteiger partial charge is 0.264 e. The van der Waals surface area contributed by atoms with Gasteiger partial charge in [-0.1, -0.05) is 58.0 Å². The van der Waals surface area contributed by atoms with Crippen LogP contribution in [-0.4, -0.2) is 26.8 Å². The van der Waals surface area contributed by atoms with Gasteiger partial charge in [0.2, 0.25) is 11.8 Å². The Hall–Kier alpha value is -2.41. The highest BCUT2D eigenvalue weighted by Crippen LogP contribution is 2.18. The molecule has 0 saturated heterocycles. The first-order valence-electron chi connectivity index (χ1n) is 9.59. The Labute approximate surface area is 167 Å². The summed E-state index contributed by atoms with van der Waals surface area (Å²) in [6, 6.07) is 12.0. The molecule has 0 unspecified atom stereocenters. The number of carbonyl (C=O) groups excluding carboxylic acids is 2. The second-order valence-electron chi connectivity index (χ2n) is 6.57. The highest BCUT2D eigenvalue weighted by molar-refractivity contribution is 7.90. The van der Waals surface area contributed by atoms with Crippen molar-refractivity contribution in [3.05, 3.63) is 42.5 Å². The average Bonchev–Trinajstić information content (AvgIpc) is 2.67. The topological polar surface area (TPSA) is 92.3 Å². The van der Waals surface area contributed by atoms with Gasteiger partial charge in [-0.25, -0.2) is 13.1 Å². The first-order valence-corrected chi connectivity index (χ1v) is 11.1. The number of sulfonamides is 1. The quantitative estimate of drug-likeness (QED) is 0.700. The molecule has 0 heterocycles. The van der Waals surface area contributed by atoms with Gasteiger partial charge in [-0.3, -0.25) is 9.59 Å². The van der Waals surface area contributed by atoms with Crippen molar-refractivity contribution in [2.24, 2.45) is 5.92 Å². The Balaban J connectivity index is 0.00000190. The minimum Gasteiger partial charge on any atom is -0.356 e. The number of nitrogens with one attached hydrogen (secondary N) is 2. The molecular weight excluding hydrogens is 376 g/mol. The molecule has 0 saturated carbocycles. The zero-order valence-corrected chi connectivity index (χ0v) is 17.8. The lowest BCUT2D eigenvalue weighted by atomic mass is 10.1. The molecule has 0 aromatic heterocycles. The van der Waals surface area contributed by atoms with Gasteiger partial charge in [-0.2, -0.15) is 0 Å². The van der Waals surface area contributed by atoms with Crippen LogP contribution in [0.5, 0.6) is 0 Å². The van der Waals surface area contributed by atoms with Crippen LogP contribution in [0.2, 0.25) is 0 Å². The van der Waals surface area contributed by atoms with Crippen LogP contribution in [0.3, 0.4) is 0 Å². The van der Waals surface area contributed by atoms with Crippen LogP contribution in [0.25, 0.3) is 10.8 Å². The summed E-state index contributed by atoms with van der Waals surface area (Å²) in [5, 5.41) is 4.40. The van der Waals surface area contributed by atoms with E-state index in [1.54, 1.807) is 12.1 Å². The first-order chi connectivity index (χ1) is 13.3. The third kappa shape index (κ3) is 7.68. The van der Waals surface area contributed by atoms with Crippen LogP contribution in [-0.2, 0) is 19.6 Å². The molecule has 2 rings (SSSR count).